The van der Waals surface area contributed by atoms with Crippen molar-refractivity contribution in [3.05, 3.63) is 0 Å². The van der Waals surface area contributed by atoms with Crippen LogP contribution in [0.1, 0.15) is 46.0 Å². The second-order valence-corrected chi connectivity index (χ2v) is 5.30. The Morgan fingerprint density at radius 1 is 1.33 bits per heavy atom. The molecule has 1 aliphatic rings. The standard InChI is InChI=1S/C13H28N2/c1-4-11(2)10-15(3)13-8-6-5-7-12(13)9-14/h11-13H,4-10,14H2,1-3H3. The topological polar surface area (TPSA) is 29.3 Å². The van der Waals surface area contributed by atoms with Crippen molar-refractivity contribution in [2.45, 2.75) is 52.0 Å². The Balaban J connectivity index is 2.44. The molecule has 2 heteroatoms. The minimum absolute atomic E-state index is 0.743. The van der Waals surface area contributed by atoms with Gasteiger partial charge >= 0.3 is 0 Å². The fourth-order valence-corrected chi connectivity index (χ4v) is 2.80. The molecule has 2 N–H and O–H groups in total. The first-order chi connectivity index (χ1) is 7.19. The second kappa shape index (κ2) is 6.49. The SMILES string of the molecule is CCC(C)CN(C)C1CCCCC1CN. The Hall–Kier alpha value is -0.0800. The van der Waals surface area contributed by atoms with Gasteiger partial charge in [0.2, 0.25) is 0 Å². The summed E-state index contributed by atoms with van der Waals surface area (Å²) in [4.78, 5) is 2.56. The molecule has 0 aromatic carbocycles. The zero-order valence-electron chi connectivity index (χ0n) is 10.7. The Kier molecular flexibility index (Phi) is 5.62. The maximum absolute atomic E-state index is 5.87. The van der Waals surface area contributed by atoms with E-state index in [9.17, 15) is 0 Å². The highest BCUT2D eigenvalue weighted by molar-refractivity contribution is 4.83. The molecule has 2 nitrogen and oxygen atoms in total. The Bertz CT molecular complexity index is 170. The summed E-state index contributed by atoms with van der Waals surface area (Å²) in [5, 5.41) is 0. The van der Waals surface area contributed by atoms with Gasteiger partial charge in [0.15, 0.2) is 0 Å². The van der Waals surface area contributed by atoms with Crippen LogP contribution in [-0.2, 0) is 0 Å². The molecule has 0 aromatic heterocycles. The highest BCUT2D eigenvalue weighted by Crippen LogP contribution is 2.27. The van der Waals surface area contributed by atoms with Crippen molar-refractivity contribution >= 4 is 0 Å². The van der Waals surface area contributed by atoms with Crippen molar-refractivity contribution in [2.75, 3.05) is 20.1 Å². The van der Waals surface area contributed by atoms with Crippen LogP contribution in [0.2, 0.25) is 0 Å². The lowest BCUT2D eigenvalue weighted by molar-refractivity contribution is 0.118. The summed E-state index contributed by atoms with van der Waals surface area (Å²) in [7, 11) is 2.28. The molecule has 1 rings (SSSR count). The lowest BCUT2D eigenvalue weighted by Crippen LogP contribution is -2.44. The molecular weight excluding hydrogens is 184 g/mol. The predicted octanol–water partition coefficient (Wildman–Crippen LogP) is 2.48. The lowest BCUT2D eigenvalue weighted by atomic mass is 9.83. The van der Waals surface area contributed by atoms with Crippen molar-refractivity contribution in [3.63, 3.8) is 0 Å². The summed E-state index contributed by atoms with van der Waals surface area (Å²) >= 11 is 0. The van der Waals surface area contributed by atoms with Gasteiger partial charge in [-0.05, 0) is 38.3 Å². The van der Waals surface area contributed by atoms with Crippen LogP contribution in [0.5, 0.6) is 0 Å². The van der Waals surface area contributed by atoms with Crippen LogP contribution in [0, 0.1) is 11.8 Å². The van der Waals surface area contributed by atoms with Crippen LogP contribution in [0.15, 0.2) is 0 Å². The molecule has 15 heavy (non-hydrogen) atoms. The average Bonchev–Trinajstić information content (AvgIpc) is 2.28. The Labute approximate surface area is 95.2 Å². The summed E-state index contributed by atoms with van der Waals surface area (Å²) in [6, 6.07) is 0.748. The third kappa shape index (κ3) is 3.76. The number of hydrogen-bond donors (Lipinski definition) is 1. The zero-order valence-corrected chi connectivity index (χ0v) is 10.7. The highest BCUT2D eigenvalue weighted by atomic mass is 15.1. The molecule has 1 aliphatic carbocycles. The molecule has 0 heterocycles. The van der Waals surface area contributed by atoms with Crippen LogP contribution < -0.4 is 5.73 Å². The molecule has 0 saturated heterocycles. The van der Waals surface area contributed by atoms with Crippen LogP contribution in [0.4, 0.5) is 0 Å². The molecule has 0 bridgehead atoms. The number of hydrogen-bond acceptors (Lipinski definition) is 2. The summed E-state index contributed by atoms with van der Waals surface area (Å²) in [5.74, 6) is 1.56. The molecule has 0 aromatic rings. The average molecular weight is 212 g/mol. The van der Waals surface area contributed by atoms with Gasteiger partial charge in [-0.3, -0.25) is 0 Å². The van der Waals surface area contributed by atoms with Crippen molar-refractivity contribution in [3.8, 4) is 0 Å². The van der Waals surface area contributed by atoms with E-state index in [1.165, 1.54) is 38.6 Å². The molecule has 0 spiro atoms. The van der Waals surface area contributed by atoms with Gasteiger partial charge in [0.1, 0.15) is 0 Å². The van der Waals surface area contributed by atoms with Gasteiger partial charge in [-0.25, -0.2) is 0 Å². The van der Waals surface area contributed by atoms with E-state index in [2.05, 4.69) is 25.8 Å². The fourth-order valence-electron chi connectivity index (χ4n) is 2.80. The van der Waals surface area contributed by atoms with Crippen LogP contribution >= 0.6 is 0 Å². The van der Waals surface area contributed by atoms with E-state index < -0.39 is 0 Å². The first-order valence-corrected chi connectivity index (χ1v) is 6.59. The van der Waals surface area contributed by atoms with Crippen molar-refractivity contribution in [1.82, 2.24) is 4.90 Å². The third-order valence-corrected chi connectivity index (χ3v) is 4.03. The number of rotatable bonds is 5. The maximum atomic E-state index is 5.87. The number of nitrogens with zero attached hydrogens (tertiary/aromatic N) is 1. The molecule has 0 radical (unpaired) electrons. The number of nitrogens with two attached hydrogens (primary N) is 1. The van der Waals surface area contributed by atoms with E-state index in [1.807, 2.05) is 0 Å². The van der Waals surface area contributed by atoms with E-state index in [0.29, 0.717) is 0 Å². The van der Waals surface area contributed by atoms with Gasteiger partial charge in [0, 0.05) is 12.6 Å². The minimum Gasteiger partial charge on any atom is -0.330 e. The first-order valence-electron chi connectivity index (χ1n) is 6.59. The van der Waals surface area contributed by atoms with Crippen LogP contribution in [-0.4, -0.2) is 31.1 Å². The molecule has 0 amide bonds. The van der Waals surface area contributed by atoms with Crippen molar-refractivity contribution in [2.24, 2.45) is 17.6 Å². The molecule has 1 fully saturated rings. The van der Waals surface area contributed by atoms with Gasteiger partial charge in [-0.2, -0.15) is 0 Å². The summed E-state index contributed by atoms with van der Waals surface area (Å²) in [6.45, 7) is 6.73. The van der Waals surface area contributed by atoms with Gasteiger partial charge in [-0.1, -0.05) is 33.1 Å². The van der Waals surface area contributed by atoms with E-state index in [-0.39, 0.29) is 0 Å². The first kappa shape index (κ1) is 13.0. The Morgan fingerprint density at radius 3 is 2.60 bits per heavy atom. The lowest BCUT2D eigenvalue weighted by Gasteiger charge is -2.38. The van der Waals surface area contributed by atoms with Gasteiger partial charge in [0.25, 0.3) is 0 Å². The largest absolute Gasteiger partial charge is 0.330 e. The predicted molar refractivity (Wildman–Crippen MR) is 66.9 cm³/mol. The van der Waals surface area contributed by atoms with E-state index in [4.69, 9.17) is 5.73 Å². The van der Waals surface area contributed by atoms with Gasteiger partial charge in [-0.15, -0.1) is 0 Å². The zero-order chi connectivity index (χ0) is 11.3. The molecule has 1 saturated carbocycles. The Morgan fingerprint density at radius 2 is 2.00 bits per heavy atom. The molecule has 0 aliphatic heterocycles. The van der Waals surface area contributed by atoms with Gasteiger partial charge < -0.3 is 10.6 Å². The second-order valence-electron chi connectivity index (χ2n) is 5.30. The highest BCUT2D eigenvalue weighted by Gasteiger charge is 2.27. The van der Waals surface area contributed by atoms with E-state index >= 15 is 0 Å². The van der Waals surface area contributed by atoms with E-state index in [0.717, 1.165) is 24.4 Å². The molecule has 3 unspecified atom stereocenters. The van der Waals surface area contributed by atoms with Crippen LogP contribution in [0.25, 0.3) is 0 Å². The smallest absolute Gasteiger partial charge is 0.0133 e. The summed E-state index contributed by atoms with van der Waals surface area (Å²) in [5.41, 5.74) is 5.87. The molecule has 90 valence electrons. The summed E-state index contributed by atoms with van der Waals surface area (Å²) < 4.78 is 0. The molecule has 3 atom stereocenters. The van der Waals surface area contributed by atoms with Crippen LogP contribution in [0.3, 0.4) is 0 Å². The van der Waals surface area contributed by atoms with Crippen molar-refractivity contribution in [1.29, 1.82) is 0 Å². The van der Waals surface area contributed by atoms with Crippen molar-refractivity contribution < 1.29 is 0 Å². The summed E-state index contributed by atoms with van der Waals surface area (Å²) in [6.07, 6.45) is 6.76. The fraction of sp³-hybridized carbons (Fsp3) is 1.00. The monoisotopic (exact) mass is 212 g/mol. The third-order valence-electron chi connectivity index (χ3n) is 4.03. The van der Waals surface area contributed by atoms with Gasteiger partial charge in [0.05, 0.1) is 0 Å². The van der Waals surface area contributed by atoms with E-state index in [1.54, 1.807) is 0 Å². The maximum Gasteiger partial charge on any atom is 0.0133 e. The quantitative estimate of drug-likeness (QED) is 0.758. The molecular formula is C13H28N2. The normalized spacial score (nSPS) is 29.4. The minimum atomic E-state index is 0.743.